The van der Waals surface area contributed by atoms with Crippen molar-refractivity contribution in [3.05, 3.63) is 60.3 Å². The van der Waals surface area contributed by atoms with Crippen LogP contribution in [-0.2, 0) is 21.3 Å². The van der Waals surface area contributed by atoms with Crippen molar-refractivity contribution in [3.63, 3.8) is 0 Å². The quantitative estimate of drug-likeness (QED) is 0.589. The van der Waals surface area contributed by atoms with Crippen molar-refractivity contribution >= 4 is 26.9 Å². The number of para-hydroxylation sites is 2. The number of ether oxygens (including phenoxy) is 1. The molecule has 0 unspecified atom stereocenters. The average molecular weight is 372 g/mol. The summed E-state index contributed by atoms with van der Waals surface area (Å²) in [6.07, 6.45) is 1.68. The van der Waals surface area contributed by atoms with E-state index in [0.29, 0.717) is 19.0 Å². The molecule has 0 aliphatic carbocycles. The molecule has 0 aliphatic rings. The van der Waals surface area contributed by atoms with E-state index in [2.05, 4.69) is 20.0 Å². The molecule has 0 amide bonds. The highest BCUT2D eigenvalue weighted by molar-refractivity contribution is 7.89. The second-order valence-corrected chi connectivity index (χ2v) is 7.40. The number of aromatic nitrogens is 2. The molecule has 0 bridgehead atoms. The average Bonchev–Trinajstić information content (AvgIpc) is 2.66. The molecule has 0 fully saturated rings. The lowest BCUT2D eigenvalue weighted by molar-refractivity contribution is 0.204. The number of sulfonamides is 1. The molecule has 136 valence electrons. The molecule has 0 spiro atoms. The normalized spacial score (nSPS) is 11.6. The van der Waals surface area contributed by atoms with E-state index in [0.717, 1.165) is 16.6 Å². The Bertz CT molecular complexity index is 975. The molecule has 8 heteroatoms. The van der Waals surface area contributed by atoms with Gasteiger partial charge in [-0.2, -0.15) is 0 Å². The Labute approximate surface area is 152 Å². The molecule has 2 aromatic carbocycles. The first-order chi connectivity index (χ1) is 12.6. The number of rotatable bonds is 8. The van der Waals surface area contributed by atoms with Gasteiger partial charge in [0.05, 0.1) is 28.7 Å². The lowest BCUT2D eigenvalue weighted by atomic mass is 10.2. The van der Waals surface area contributed by atoms with E-state index in [1.54, 1.807) is 30.5 Å². The van der Waals surface area contributed by atoms with Crippen LogP contribution in [-0.4, -0.2) is 38.6 Å². The van der Waals surface area contributed by atoms with Gasteiger partial charge < -0.3 is 10.1 Å². The second kappa shape index (κ2) is 8.22. The minimum atomic E-state index is -3.51. The standard InChI is InChI=1S/C18H20N4O3S/c1-25-11-10-21-26(23,24)15-8-6-14(7-9-15)12-20-18-13-19-16-4-2-3-5-17(16)22-18/h2-9,13,21H,10-12H2,1H3,(H,20,22). The fraction of sp³-hybridized carbons (Fsp3) is 0.222. The molecule has 3 aromatic rings. The fourth-order valence-electron chi connectivity index (χ4n) is 2.38. The van der Waals surface area contributed by atoms with E-state index in [9.17, 15) is 8.42 Å². The molecule has 0 saturated heterocycles. The Morgan fingerprint density at radius 1 is 1.04 bits per heavy atom. The maximum Gasteiger partial charge on any atom is 0.240 e. The Kier molecular flexibility index (Phi) is 5.77. The summed E-state index contributed by atoms with van der Waals surface area (Å²) >= 11 is 0. The van der Waals surface area contributed by atoms with Crippen LogP contribution in [0, 0.1) is 0 Å². The maximum atomic E-state index is 12.1. The monoisotopic (exact) mass is 372 g/mol. The van der Waals surface area contributed by atoms with Crippen molar-refractivity contribution in [1.29, 1.82) is 0 Å². The summed E-state index contributed by atoms with van der Waals surface area (Å²) < 4.78 is 31.6. The molecule has 3 rings (SSSR count). The summed E-state index contributed by atoms with van der Waals surface area (Å²) in [7, 11) is -1.99. The Hall–Kier alpha value is -2.55. The van der Waals surface area contributed by atoms with Gasteiger partial charge in [0.25, 0.3) is 0 Å². The van der Waals surface area contributed by atoms with Crippen molar-refractivity contribution in [2.75, 3.05) is 25.6 Å². The SMILES string of the molecule is COCCNS(=O)(=O)c1ccc(CNc2cnc3ccccc3n2)cc1. The molecule has 1 aromatic heterocycles. The van der Waals surface area contributed by atoms with Crippen LogP contribution in [0.5, 0.6) is 0 Å². The Morgan fingerprint density at radius 2 is 1.77 bits per heavy atom. The third kappa shape index (κ3) is 4.54. The van der Waals surface area contributed by atoms with Gasteiger partial charge in [0.1, 0.15) is 5.82 Å². The number of fused-ring (bicyclic) bond motifs is 1. The van der Waals surface area contributed by atoms with Gasteiger partial charge in [-0.05, 0) is 29.8 Å². The van der Waals surface area contributed by atoms with Crippen LogP contribution in [0.1, 0.15) is 5.56 Å². The van der Waals surface area contributed by atoms with Crippen LogP contribution in [0.4, 0.5) is 5.82 Å². The van der Waals surface area contributed by atoms with Gasteiger partial charge in [-0.1, -0.05) is 24.3 Å². The third-order valence-corrected chi connectivity index (χ3v) is 5.23. The minimum Gasteiger partial charge on any atom is -0.383 e. The number of nitrogens with zero attached hydrogens (tertiary/aromatic N) is 2. The number of hydrogen-bond acceptors (Lipinski definition) is 6. The van der Waals surface area contributed by atoms with Crippen molar-refractivity contribution in [3.8, 4) is 0 Å². The van der Waals surface area contributed by atoms with Gasteiger partial charge in [-0.25, -0.2) is 18.1 Å². The minimum absolute atomic E-state index is 0.225. The summed E-state index contributed by atoms with van der Waals surface area (Å²) in [5, 5.41) is 3.20. The van der Waals surface area contributed by atoms with Crippen LogP contribution >= 0.6 is 0 Å². The zero-order valence-electron chi connectivity index (χ0n) is 14.3. The highest BCUT2D eigenvalue weighted by atomic mass is 32.2. The van der Waals surface area contributed by atoms with Crippen LogP contribution in [0.15, 0.2) is 59.6 Å². The molecule has 0 radical (unpaired) electrons. The smallest absolute Gasteiger partial charge is 0.240 e. The molecule has 0 saturated carbocycles. The van der Waals surface area contributed by atoms with Gasteiger partial charge in [-0.15, -0.1) is 0 Å². The number of methoxy groups -OCH3 is 1. The molecule has 7 nitrogen and oxygen atoms in total. The van der Waals surface area contributed by atoms with Crippen LogP contribution in [0.25, 0.3) is 11.0 Å². The van der Waals surface area contributed by atoms with Crippen molar-refractivity contribution < 1.29 is 13.2 Å². The fourth-order valence-corrected chi connectivity index (χ4v) is 3.40. The van der Waals surface area contributed by atoms with E-state index in [-0.39, 0.29) is 11.4 Å². The molecule has 0 atom stereocenters. The summed E-state index contributed by atoms with van der Waals surface area (Å²) in [6.45, 7) is 1.08. The summed E-state index contributed by atoms with van der Waals surface area (Å²) in [5.74, 6) is 0.668. The van der Waals surface area contributed by atoms with Gasteiger partial charge in [0.2, 0.25) is 10.0 Å². The van der Waals surface area contributed by atoms with Crippen LogP contribution in [0.2, 0.25) is 0 Å². The van der Waals surface area contributed by atoms with Crippen LogP contribution < -0.4 is 10.0 Å². The van der Waals surface area contributed by atoms with Crippen molar-refractivity contribution in [2.24, 2.45) is 0 Å². The molecular formula is C18H20N4O3S. The van der Waals surface area contributed by atoms with Gasteiger partial charge in [0, 0.05) is 20.2 Å². The third-order valence-electron chi connectivity index (χ3n) is 3.75. The molecule has 2 N–H and O–H groups in total. The van der Waals surface area contributed by atoms with E-state index < -0.39 is 10.0 Å². The zero-order valence-corrected chi connectivity index (χ0v) is 15.2. The Morgan fingerprint density at radius 3 is 2.50 bits per heavy atom. The van der Waals surface area contributed by atoms with E-state index in [1.807, 2.05) is 24.3 Å². The largest absolute Gasteiger partial charge is 0.383 e. The zero-order chi connectivity index (χ0) is 18.4. The lowest BCUT2D eigenvalue weighted by Crippen LogP contribution is -2.27. The highest BCUT2D eigenvalue weighted by Gasteiger charge is 2.12. The van der Waals surface area contributed by atoms with Crippen molar-refractivity contribution in [2.45, 2.75) is 11.4 Å². The number of nitrogens with one attached hydrogen (secondary N) is 2. The Balaban J connectivity index is 1.63. The van der Waals surface area contributed by atoms with Gasteiger partial charge in [0.15, 0.2) is 0 Å². The topological polar surface area (TPSA) is 93.2 Å². The lowest BCUT2D eigenvalue weighted by Gasteiger charge is -2.09. The molecular weight excluding hydrogens is 352 g/mol. The number of hydrogen-bond donors (Lipinski definition) is 2. The van der Waals surface area contributed by atoms with E-state index in [1.165, 1.54) is 7.11 Å². The maximum absolute atomic E-state index is 12.1. The first-order valence-electron chi connectivity index (χ1n) is 8.12. The predicted octanol–water partition coefficient (Wildman–Crippen LogP) is 2.17. The molecule has 26 heavy (non-hydrogen) atoms. The first kappa shape index (κ1) is 18.2. The molecule has 1 heterocycles. The van der Waals surface area contributed by atoms with E-state index >= 15 is 0 Å². The summed E-state index contributed by atoms with van der Waals surface area (Å²) in [6, 6.07) is 14.4. The number of anilines is 1. The van der Waals surface area contributed by atoms with Gasteiger partial charge in [-0.3, -0.25) is 4.98 Å². The first-order valence-corrected chi connectivity index (χ1v) is 9.60. The second-order valence-electron chi connectivity index (χ2n) is 5.63. The number of benzene rings is 2. The van der Waals surface area contributed by atoms with Crippen molar-refractivity contribution in [1.82, 2.24) is 14.7 Å². The summed E-state index contributed by atoms with van der Waals surface area (Å²) in [5.41, 5.74) is 2.60. The summed E-state index contributed by atoms with van der Waals surface area (Å²) in [4.78, 5) is 9.08. The predicted molar refractivity (Wildman–Crippen MR) is 100 cm³/mol. The van der Waals surface area contributed by atoms with E-state index in [4.69, 9.17) is 4.74 Å². The van der Waals surface area contributed by atoms with Gasteiger partial charge >= 0.3 is 0 Å². The highest BCUT2D eigenvalue weighted by Crippen LogP contribution is 2.14. The van der Waals surface area contributed by atoms with Crippen LogP contribution in [0.3, 0.4) is 0 Å². The molecule has 0 aliphatic heterocycles.